The predicted octanol–water partition coefficient (Wildman–Crippen LogP) is 2.81. The molecule has 3 unspecified atom stereocenters. The second-order valence-electron chi connectivity index (χ2n) is 3.67. The SMILES string of the molecule is [CH2-]CC1CCC2C=CC1C2.[U]. The van der Waals surface area contributed by atoms with Gasteiger partial charge in [0.2, 0.25) is 0 Å². The van der Waals surface area contributed by atoms with Crippen molar-refractivity contribution in [1.29, 1.82) is 0 Å². The number of hydrogen-bond donors (Lipinski definition) is 0. The van der Waals surface area contributed by atoms with Crippen molar-refractivity contribution in [3.8, 4) is 0 Å². The molecular weight excluding hydrogens is 358 g/mol. The van der Waals surface area contributed by atoms with Crippen molar-refractivity contribution in [3.63, 3.8) is 0 Å². The van der Waals surface area contributed by atoms with Gasteiger partial charge in [0.05, 0.1) is 0 Å². The van der Waals surface area contributed by atoms with Crippen LogP contribution >= 0.6 is 0 Å². The van der Waals surface area contributed by atoms with Gasteiger partial charge in [-0.3, -0.25) is 0 Å². The van der Waals surface area contributed by atoms with Gasteiger partial charge in [0.1, 0.15) is 0 Å². The summed E-state index contributed by atoms with van der Waals surface area (Å²) in [6, 6.07) is 0. The zero-order valence-electron chi connectivity index (χ0n) is 6.92. The van der Waals surface area contributed by atoms with E-state index in [2.05, 4.69) is 19.1 Å². The van der Waals surface area contributed by atoms with Gasteiger partial charge < -0.3 is 6.92 Å². The molecule has 0 radical (unpaired) electrons. The van der Waals surface area contributed by atoms with Crippen LogP contribution in [0.15, 0.2) is 12.2 Å². The molecule has 0 nitrogen and oxygen atoms in total. The molecular formula is C10H15U-. The number of allylic oxidation sites excluding steroid dienone is 2. The van der Waals surface area contributed by atoms with Crippen molar-refractivity contribution in [2.24, 2.45) is 17.8 Å². The zero-order valence-corrected chi connectivity index (χ0v) is 11.1. The zero-order chi connectivity index (χ0) is 6.97. The molecule has 2 rings (SSSR count). The average Bonchev–Trinajstić information content (AvgIpc) is 2.34. The molecule has 0 N–H and O–H groups in total. The van der Waals surface area contributed by atoms with E-state index in [1.54, 1.807) is 0 Å². The first-order valence-electron chi connectivity index (χ1n) is 4.37. The summed E-state index contributed by atoms with van der Waals surface area (Å²) in [5.41, 5.74) is 0. The maximum absolute atomic E-state index is 3.99. The Morgan fingerprint density at radius 2 is 2.09 bits per heavy atom. The molecule has 60 valence electrons. The molecule has 0 aromatic heterocycles. The largest absolute Gasteiger partial charge is 0.343 e. The molecule has 2 bridgehead atoms. The van der Waals surface area contributed by atoms with Gasteiger partial charge in [0, 0.05) is 31.1 Å². The molecule has 0 amide bonds. The van der Waals surface area contributed by atoms with Crippen LogP contribution in [0.4, 0.5) is 0 Å². The van der Waals surface area contributed by atoms with Crippen LogP contribution in [0.1, 0.15) is 25.7 Å². The summed E-state index contributed by atoms with van der Waals surface area (Å²) in [6.45, 7) is 3.99. The van der Waals surface area contributed by atoms with Crippen LogP contribution in [0.5, 0.6) is 0 Å². The molecule has 11 heavy (non-hydrogen) atoms. The van der Waals surface area contributed by atoms with E-state index in [1.807, 2.05) is 0 Å². The average molecular weight is 373 g/mol. The molecule has 2 aliphatic rings. The Hall–Kier alpha value is 0.792. The van der Waals surface area contributed by atoms with Crippen molar-refractivity contribution in [1.82, 2.24) is 0 Å². The second-order valence-corrected chi connectivity index (χ2v) is 3.67. The summed E-state index contributed by atoms with van der Waals surface area (Å²) in [5, 5.41) is 0. The molecule has 3 atom stereocenters. The molecule has 1 saturated carbocycles. The minimum absolute atomic E-state index is 0. The van der Waals surface area contributed by atoms with Crippen LogP contribution in [0.2, 0.25) is 0 Å². The van der Waals surface area contributed by atoms with Crippen molar-refractivity contribution < 1.29 is 31.1 Å². The Morgan fingerprint density at radius 3 is 2.82 bits per heavy atom. The van der Waals surface area contributed by atoms with Gasteiger partial charge in [-0.1, -0.05) is 24.5 Å². The second kappa shape index (κ2) is 4.15. The van der Waals surface area contributed by atoms with E-state index in [0.29, 0.717) is 0 Å². The first-order valence-corrected chi connectivity index (χ1v) is 4.37. The van der Waals surface area contributed by atoms with Crippen LogP contribution < -0.4 is 0 Å². The summed E-state index contributed by atoms with van der Waals surface area (Å²) in [4.78, 5) is 0. The van der Waals surface area contributed by atoms with Gasteiger partial charge in [-0.2, -0.15) is 6.42 Å². The van der Waals surface area contributed by atoms with Crippen LogP contribution in [-0.4, -0.2) is 0 Å². The molecule has 0 saturated heterocycles. The normalized spacial score (nSPS) is 40.3. The fourth-order valence-corrected chi connectivity index (χ4v) is 2.37. The summed E-state index contributed by atoms with van der Waals surface area (Å²) in [5.74, 6) is 2.75. The van der Waals surface area contributed by atoms with Crippen molar-refractivity contribution in [2.75, 3.05) is 0 Å². The van der Waals surface area contributed by atoms with Crippen molar-refractivity contribution in [2.45, 2.75) is 25.7 Å². The maximum Gasteiger partial charge on any atom is 0 e. The standard InChI is InChI=1S/C10H15.U/c1-2-9-5-3-8-4-6-10(9)7-8;/h4,6,8-10H,1-3,5,7H2;/q-1;. The molecule has 0 spiro atoms. The first-order chi connectivity index (χ1) is 4.90. The summed E-state index contributed by atoms with van der Waals surface area (Å²) in [6.07, 6.45) is 10.3. The Morgan fingerprint density at radius 1 is 1.27 bits per heavy atom. The third kappa shape index (κ3) is 1.93. The van der Waals surface area contributed by atoms with E-state index in [0.717, 1.165) is 24.2 Å². The van der Waals surface area contributed by atoms with E-state index >= 15 is 0 Å². The fourth-order valence-electron chi connectivity index (χ4n) is 2.37. The topological polar surface area (TPSA) is 0 Å². The van der Waals surface area contributed by atoms with E-state index in [1.165, 1.54) is 19.3 Å². The van der Waals surface area contributed by atoms with E-state index in [4.69, 9.17) is 0 Å². The van der Waals surface area contributed by atoms with Crippen LogP contribution in [-0.2, 0) is 0 Å². The van der Waals surface area contributed by atoms with Crippen LogP contribution in [0.25, 0.3) is 0 Å². The number of fused-ring (bicyclic) bond motifs is 2. The van der Waals surface area contributed by atoms with Gasteiger partial charge in [-0.25, -0.2) is 0 Å². The third-order valence-corrected chi connectivity index (χ3v) is 3.09. The minimum atomic E-state index is 0. The third-order valence-electron chi connectivity index (χ3n) is 3.09. The Bertz CT molecular complexity index is 151. The monoisotopic (exact) mass is 373 g/mol. The number of hydrogen-bond acceptors (Lipinski definition) is 0. The first kappa shape index (κ1) is 9.88. The summed E-state index contributed by atoms with van der Waals surface area (Å²) < 4.78 is 0. The van der Waals surface area contributed by atoms with Gasteiger partial charge in [-0.05, 0) is 24.7 Å². The molecule has 1 fully saturated rings. The van der Waals surface area contributed by atoms with E-state index in [9.17, 15) is 0 Å². The van der Waals surface area contributed by atoms with Crippen molar-refractivity contribution in [3.05, 3.63) is 19.1 Å². The molecule has 0 aliphatic heterocycles. The van der Waals surface area contributed by atoms with Gasteiger partial charge in [0.25, 0.3) is 0 Å². The Labute approximate surface area is 93.2 Å². The van der Waals surface area contributed by atoms with Gasteiger partial charge in [-0.15, -0.1) is 0 Å². The summed E-state index contributed by atoms with van der Waals surface area (Å²) >= 11 is 0. The maximum atomic E-state index is 3.99. The Kier molecular flexibility index (Phi) is 3.73. The predicted molar refractivity (Wildman–Crippen MR) is 43.4 cm³/mol. The fraction of sp³-hybridized carbons (Fsp3) is 0.700. The summed E-state index contributed by atoms with van der Waals surface area (Å²) in [7, 11) is 0. The van der Waals surface area contributed by atoms with Gasteiger partial charge in [0.15, 0.2) is 0 Å². The molecule has 0 heterocycles. The van der Waals surface area contributed by atoms with Crippen molar-refractivity contribution >= 4 is 0 Å². The van der Waals surface area contributed by atoms with E-state index < -0.39 is 0 Å². The van der Waals surface area contributed by atoms with Crippen LogP contribution in [0, 0.1) is 55.8 Å². The van der Waals surface area contributed by atoms with E-state index in [-0.39, 0.29) is 31.1 Å². The number of rotatable bonds is 1. The molecule has 0 aromatic rings. The van der Waals surface area contributed by atoms with Gasteiger partial charge >= 0.3 is 0 Å². The smallest absolute Gasteiger partial charge is 0 e. The molecule has 2 aliphatic carbocycles. The molecule has 1 heteroatoms. The molecule has 0 aromatic carbocycles. The minimum Gasteiger partial charge on any atom is -0.343 e. The van der Waals surface area contributed by atoms with Crippen LogP contribution in [0.3, 0.4) is 0 Å². The Balaban J connectivity index is 0.000000605. The quantitative estimate of drug-likeness (QED) is 0.490.